The molecule has 0 spiro atoms. The summed E-state index contributed by atoms with van der Waals surface area (Å²) in [6.07, 6.45) is 0.926. The number of ether oxygens (including phenoxy) is 1. The summed E-state index contributed by atoms with van der Waals surface area (Å²) < 4.78 is 6.77. The smallest absolute Gasteiger partial charge is 0.320 e. The van der Waals surface area contributed by atoms with Crippen LogP contribution in [0.4, 0.5) is 0 Å². The second kappa shape index (κ2) is 6.39. The van der Waals surface area contributed by atoms with E-state index in [4.69, 9.17) is 4.74 Å². The Kier molecular flexibility index (Phi) is 5.15. The summed E-state index contributed by atoms with van der Waals surface area (Å²) in [7, 11) is 3.82. The number of hydrogen-bond acceptors (Lipinski definition) is 4. The quantitative estimate of drug-likeness (QED) is 0.694. The third-order valence-corrected chi connectivity index (χ3v) is 2.53. The Morgan fingerprint density at radius 2 is 2.24 bits per heavy atom. The lowest BCUT2D eigenvalue weighted by Gasteiger charge is -2.15. The lowest BCUT2D eigenvalue weighted by molar-refractivity contribution is -0.144. The molecule has 0 aliphatic carbocycles. The van der Waals surface area contributed by atoms with Crippen LogP contribution in [0.2, 0.25) is 0 Å². The third-order valence-electron chi connectivity index (χ3n) is 2.53. The summed E-state index contributed by atoms with van der Waals surface area (Å²) in [5.41, 5.74) is 2.18. The summed E-state index contributed by atoms with van der Waals surface area (Å²) in [6, 6.07) is 2.07. The molecule has 0 saturated carbocycles. The lowest BCUT2D eigenvalue weighted by atomic mass is 10.3. The molecule has 0 saturated heterocycles. The molecule has 0 aromatic carbocycles. The SMILES string of the molecule is CCOC(=O)CN(C)Cc1cc(CC)nn1C. The van der Waals surface area contributed by atoms with Crippen molar-refractivity contribution in [1.29, 1.82) is 0 Å². The molecule has 0 bridgehead atoms. The van der Waals surface area contributed by atoms with Crippen molar-refractivity contribution in [2.75, 3.05) is 20.2 Å². The van der Waals surface area contributed by atoms with E-state index >= 15 is 0 Å². The van der Waals surface area contributed by atoms with Gasteiger partial charge in [0.2, 0.25) is 0 Å². The van der Waals surface area contributed by atoms with Crippen molar-refractivity contribution in [3.63, 3.8) is 0 Å². The third kappa shape index (κ3) is 4.19. The number of aromatic nitrogens is 2. The number of likely N-dealkylation sites (N-methyl/N-ethyl adjacent to an activating group) is 1. The van der Waals surface area contributed by atoms with Crippen molar-refractivity contribution in [3.8, 4) is 0 Å². The van der Waals surface area contributed by atoms with E-state index < -0.39 is 0 Å². The summed E-state index contributed by atoms with van der Waals surface area (Å²) in [6.45, 7) is 5.32. The molecule has 0 N–H and O–H groups in total. The van der Waals surface area contributed by atoms with Gasteiger partial charge in [-0.15, -0.1) is 0 Å². The highest BCUT2D eigenvalue weighted by atomic mass is 16.5. The Labute approximate surface area is 102 Å². The Bertz CT molecular complexity index is 374. The van der Waals surface area contributed by atoms with Gasteiger partial charge in [-0.05, 0) is 26.5 Å². The molecule has 17 heavy (non-hydrogen) atoms. The molecule has 1 heterocycles. The zero-order valence-corrected chi connectivity index (χ0v) is 11.1. The minimum atomic E-state index is -0.187. The van der Waals surface area contributed by atoms with Gasteiger partial charge in [0.1, 0.15) is 0 Å². The first kappa shape index (κ1) is 13.7. The van der Waals surface area contributed by atoms with Crippen LogP contribution in [0.15, 0.2) is 6.07 Å². The molecule has 0 unspecified atom stereocenters. The molecule has 5 nitrogen and oxygen atoms in total. The van der Waals surface area contributed by atoms with E-state index in [1.54, 1.807) is 0 Å². The second-order valence-corrected chi connectivity index (χ2v) is 4.08. The van der Waals surface area contributed by atoms with Gasteiger partial charge in [0.05, 0.1) is 24.5 Å². The van der Waals surface area contributed by atoms with E-state index in [0.29, 0.717) is 19.7 Å². The predicted octanol–water partition coefficient (Wildman–Crippen LogP) is 0.977. The molecule has 0 amide bonds. The van der Waals surface area contributed by atoms with Crippen LogP contribution in [0.25, 0.3) is 0 Å². The maximum absolute atomic E-state index is 11.3. The fourth-order valence-corrected chi connectivity index (χ4v) is 1.65. The highest BCUT2D eigenvalue weighted by Crippen LogP contribution is 2.06. The van der Waals surface area contributed by atoms with Gasteiger partial charge in [-0.2, -0.15) is 5.10 Å². The summed E-state index contributed by atoms with van der Waals surface area (Å²) in [5.74, 6) is -0.187. The molecule has 0 radical (unpaired) electrons. The predicted molar refractivity (Wildman–Crippen MR) is 65.6 cm³/mol. The highest BCUT2D eigenvalue weighted by Gasteiger charge is 2.10. The lowest BCUT2D eigenvalue weighted by Crippen LogP contribution is -2.27. The highest BCUT2D eigenvalue weighted by molar-refractivity contribution is 5.71. The number of esters is 1. The molecule has 96 valence electrons. The number of hydrogen-bond donors (Lipinski definition) is 0. The zero-order chi connectivity index (χ0) is 12.8. The fourth-order valence-electron chi connectivity index (χ4n) is 1.65. The number of carbonyl (C=O) groups is 1. The molecule has 1 rings (SSSR count). The average molecular weight is 239 g/mol. The number of nitrogens with zero attached hydrogens (tertiary/aromatic N) is 3. The van der Waals surface area contributed by atoms with Crippen molar-refractivity contribution in [1.82, 2.24) is 14.7 Å². The van der Waals surface area contributed by atoms with Gasteiger partial charge < -0.3 is 4.74 Å². The van der Waals surface area contributed by atoms with E-state index in [9.17, 15) is 4.79 Å². The summed E-state index contributed by atoms with van der Waals surface area (Å²) >= 11 is 0. The molecule has 0 aliphatic rings. The van der Waals surface area contributed by atoms with Crippen molar-refractivity contribution in [2.24, 2.45) is 7.05 Å². The Morgan fingerprint density at radius 3 is 2.76 bits per heavy atom. The molecule has 5 heteroatoms. The summed E-state index contributed by atoms with van der Waals surface area (Å²) in [5, 5.41) is 4.37. The van der Waals surface area contributed by atoms with Crippen LogP contribution in [-0.4, -0.2) is 40.8 Å². The number of rotatable bonds is 6. The topological polar surface area (TPSA) is 47.4 Å². The van der Waals surface area contributed by atoms with Crippen LogP contribution >= 0.6 is 0 Å². The summed E-state index contributed by atoms with van der Waals surface area (Å²) in [4.78, 5) is 13.2. The van der Waals surface area contributed by atoms with Gasteiger partial charge in [-0.1, -0.05) is 6.92 Å². The van der Waals surface area contributed by atoms with Crippen LogP contribution in [0.5, 0.6) is 0 Å². The van der Waals surface area contributed by atoms with E-state index in [1.807, 2.05) is 30.6 Å². The second-order valence-electron chi connectivity index (χ2n) is 4.08. The van der Waals surface area contributed by atoms with Crippen LogP contribution in [0.3, 0.4) is 0 Å². The molecule has 0 fully saturated rings. The van der Waals surface area contributed by atoms with Crippen LogP contribution < -0.4 is 0 Å². The van der Waals surface area contributed by atoms with Gasteiger partial charge >= 0.3 is 5.97 Å². The Balaban J connectivity index is 2.52. The Hall–Kier alpha value is -1.36. The molecule has 0 atom stereocenters. The first-order chi connectivity index (χ1) is 8.06. The van der Waals surface area contributed by atoms with Crippen LogP contribution in [0, 0.1) is 0 Å². The molecular weight excluding hydrogens is 218 g/mol. The van der Waals surface area contributed by atoms with E-state index in [0.717, 1.165) is 17.8 Å². The Morgan fingerprint density at radius 1 is 1.53 bits per heavy atom. The first-order valence-corrected chi connectivity index (χ1v) is 5.92. The largest absolute Gasteiger partial charge is 0.465 e. The maximum Gasteiger partial charge on any atom is 0.320 e. The molecule has 1 aromatic heterocycles. The minimum absolute atomic E-state index is 0.187. The van der Waals surface area contributed by atoms with Gasteiger partial charge in [0.25, 0.3) is 0 Å². The van der Waals surface area contributed by atoms with Crippen molar-refractivity contribution >= 4 is 5.97 Å². The molecule has 0 aliphatic heterocycles. The fraction of sp³-hybridized carbons (Fsp3) is 0.667. The standard InChI is InChI=1S/C12H21N3O2/c1-5-10-7-11(15(4)13-10)8-14(3)9-12(16)17-6-2/h7H,5-6,8-9H2,1-4H3. The van der Waals surface area contributed by atoms with E-state index in [2.05, 4.69) is 18.1 Å². The minimum Gasteiger partial charge on any atom is -0.465 e. The monoisotopic (exact) mass is 239 g/mol. The van der Waals surface area contributed by atoms with Gasteiger partial charge in [0, 0.05) is 13.6 Å². The normalized spacial score (nSPS) is 10.9. The van der Waals surface area contributed by atoms with Crippen molar-refractivity contribution < 1.29 is 9.53 Å². The first-order valence-electron chi connectivity index (χ1n) is 5.92. The molecular formula is C12H21N3O2. The van der Waals surface area contributed by atoms with E-state index in [1.165, 1.54) is 0 Å². The van der Waals surface area contributed by atoms with Gasteiger partial charge in [0.15, 0.2) is 0 Å². The average Bonchev–Trinajstić information content (AvgIpc) is 2.59. The van der Waals surface area contributed by atoms with Crippen molar-refractivity contribution in [3.05, 3.63) is 17.5 Å². The van der Waals surface area contributed by atoms with Gasteiger partial charge in [-0.25, -0.2) is 0 Å². The van der Waals surface area contributed by atoms with Crippen molar-refractivity contribution in [2.45, 2.75) is 26.8 Å². The van der Waals surface area contributed by atoms with E-state index in [-0.39, 0.29) is 5.97 Å². The zero-order valence-electron chi connectivity index (χ0n) is 11.1. The van der Waals surface area contributed by atoms with Gasteiger partial charge in [-0.3, -0.25) is 14.4 Å². The number of carbonyl (C=O) groups excluding carboxylic acids is 1. The maximum atomic E-state index is 11.3. The molecule has 1 aromatic rings. The van der Waals surface area contributed by atoms with Crippen LogP contribution in [0.1, 0.15) is 25.2 Å². The number of aryl methyl sites for hydroxylation is 2. The van der Waals surface area contributed by atoms with Crippen LogP contribution in [-0.2, 0) is 29.5 Å².